The first-order valence-corrected chi connectivity index (χ1v) is 5.07. The first-order chi connectivity index (χ1) is 6.66. The molecule has 0 aliphatic carbocycles. The van der Waals surface area contributed by atoms with Crippen molar-refractivity contribution in [3.8, 4) is 0 Å². The molecule has 0 aliphatic rings. The summed E-state index contributed by atoms with van der Waals surface area (Å²) < 4.78 is 24.4. The maximum absolute atomic E-state index is 12.2. The molecule has 74 valence electrons. The smallest absolute Gasteiger partial charge is 0.288 e. The highest BCUT2D eigenvalue weighted by Gasteiger charge is 2.10. The zero-order valence-electron chi connectivity index (χ0n) is 7.55. The molecule has 0 saturated heterocycles. The minimum Gasteiger partial charge on any atom is -0.360 e. The average molecular weight is 213 g/mol. The van der Waals surface area contributed by atoms with Gasteiger partial charge in [-0.1, -0.05) is 23.4 Å². The van der Waals surface area contributed by atoms with Crippen LogP contribution in [0.5, 0.6) is 0 Å². The van der Waals surface area contributed by atoms with Gasteiger partial charge in [-0.15, -0.1) is 0 Å². The summed E-state index contributed by atoms with van der Waals surface area (Å²) in [7, 11) is 0. The highest BCUT2D eigenvalue weighted by molar-refractivity contribution is 7.99. The van der Waals surface area contributed by atoms with E-state index < -0.39 is 5.76 Å². The Balaban J connectivity index is 2.50. The molecule has 0 spiro atoms. The fraction of sp³-hybridized carbons (Fsp3) is 0.200. The molecule has 0 aliphatic heterocycles. The van der Waals surface area contributed by atoms with Crippen LogP contribution in [0.2, 0.25) is 0 Å². The molecule has 1 N–H and O–H groups in total. The van der Waals surface area contributed by atoms with Crippen molar-refractivity contribution < 1.29 is 8.78 Å². The molecule has 0 unspecified atom stereocenters. The Kier molecular flexibility index (Phi) is 2.46. The second-order valence-corrected chi connectivity index (χ2v) is 4.11. The van der Waals surface area contributed by atoms with E-state index in [1.165, 1.54) is 0 Å². The lowest BCUT2D eigenvalue weighted by Crippen LogP contribution is -1.79. The normalized spacial score (nSPS) is 11.4. The Bertz CT molecular complexity index is 450. The molecule has 2 aromatic rings. The summed E-state index contributed by atoms with van der Waals surface area (Å²) >= 11 is 0.579. The predicted molar refractivity (Wildman–Crippen MR) is 54.9 cm³/mol. The van der Waals surface area contributed by atoms with E-state index in [1.54, 1.807) is 6.20 Å². The van der Waals surface area contributed by atoms with Crippen molar-refractivity contribution in [1.82, 2.24) is 4.98 Å². The first kappa shape index (κ1) is 9.52. The second-order valence-electron chi connectivity index (χ2n) is 3.08. The molecule has 1 aromatic heterocycles. The third kappa shape index (κ3) is 1.75. The van der Waals surface area contributed by atoms with Crippen molar-refractivity contribution >= 4 is 22.7 Å². The number of aromatic nitrogens is 1. The van der Waals surface area contributed by atoms with Gasteiger partial charge >= 0.3 is 0 Å². The standard InChI is InChI=1S/C10H9F2NS/c1-6-2-3-8-7(4-6)9(5-13-8)14-10(11)12/h2-5,10,13H,1H3. The molecule has 1 nitrogen and oxygen atoms in total. The molecule has 0 bridgehead atoms. The number of nitrogens with one attached hydrogen (secondary N) is 1. The van der Waals surface area contributed by atoms with Crippen molar-refractivity contribution in [2.45, 2.75) is 17.6 Å². The lowest BCUT2D eigenvalue weighted by Gasteiger charge is -1.98. The van der Waals surface area contributed by atoms with E-state index >= 15 is 0 Å². The van der Waals surface area contributed by atoms with Crippen LogP contribution in [0.3, 0.4) is 0 Å². The van der Waals surface area contributed by atoms with E-state index in [4.69, 9.17) is 0 Å². The molecular formula is C10H9F2NS. The van der Waals surface area contributed by atoms with E-state index in [1.807, 2.05) is 25.1 Å². The van der Waals surface area contributed by atoms with Crippen molar-refractivity contribution in [2.75, 3.05) is 0 Å². The van der Waals surface area contributed by atoms with Gasteiger partial charge in [0.05, 0.1) is 0 Å². The van der Waals surface area contributed by atoms with Gasteiger partial charge in [-0.25, -0.2) is 0 Å². The summed E-state index contributed by atoms with van der Waals surface area (Å²) in [4.78, 5) is 3.58. The van der Waals surface area contributed by atoms with Gasteiger partial charge in [0.1, 0.15) is 0 Å². The molecule has 0 radical (unpaired) electrons. The number of hydrogen-bond donors (Lipinski definition) is 1. The Morgan fingerprint density at radius 3 is 2.86 bits per heavy atom. The van der Waals surface area contributed by atoms with Crippen molar-refractivity contribution in [2.24, 2.45) is 0 Å². The van der Waals surface area contributed by atoms with Crippen molar-refractivity contribution in [1.29, 1.82) is 0 Å². The van der Waals surface area contributed by atoms with E-state index in [0.717, 1.165) is 16.5 Å². The molecule has 4 heteroatoms. The summed E-state index contributed by atoms with van der Waals surface area (Å²) in [6, 6.07) is 5.77. The van der Waals surface area contributed by atoms with Crippen LogP contribution in [0, 0.1) is 6.92 Å². The van der Waals surface area contributed by atoms with E-state index in [0.29, 0.717) is 16.7 Å². The molecule has 0 amide bonds. The second kappa shape index (κ2) is 3.61. The van der Waals surface area contributed by atoms with Crippen LogP contribution in [-0.2, 0) is 0 Å². The number of aryl methyl sites for hydroxylation is 1. The number of thioether (sulfide) groups is 1. The zero-order valence-corrected chi connectivity index (χ0v) is 8.37. The number of benzene rings is 1. The third-order valence-corrected chi connectivity index (χ3v) is 2.79. The molecule has 1 heterocycles. The Morgan fingerprint density at radius 2 is 2.14 bits per heavy atom. The molecule has 0 saturated carbocycles. The Morgan fingerprint density at radius 1 is 1.36 bits per heavy atom. The number of halogens is 2. The van der Waals surface area contributed by atoms with Gasteiger partial charge in [0.2, 0.25) is 0 Å². The lowest BCUT2D eigenvalue weighted by molar-refractivity contribution is 0.252. The van der Waals surface area contributed by atoms with Gasteiger partial charge in [-0.3, -0.25) is 0 Å². The topological polar surface area (TPSA) is 15.8 Å². The molecular weight excluding hydrogens is 204 g/mol. The van der Waals surface area contributed by atoms with Crippen LogP contribution in [0.1, 0.15) is 5.56 Å². The first-order valence-electron chi connectivity index (χ1n) is 4.19. The highest BCUT2D eigenvalue weighted by atomic mass is 32.2. The van der Waals surface area contributed by atoms with Crippen LogP contribution in [-0.4, -0.2) is 10.7 Å². The Hall–Kier alpha value is -1.03. The van der Waals surface area contributed by atoms with Crippen LogP contribution >= 0.6 is 11.8 Å². The van der Waals surface area contributed by atoms with Crippen LogP contribution in [0.25, 0.3) is 10.9 Å². The minimum absolute atomic E-state index is 0.579. The zero-order chi connectivity index (χ0) is 10.1. The van der Waals surface area contributed by atoms with Crippen LogP contribution < -0.4 is 0 Å². The third-order valence-electron chi connectivity index (χ3n) is 2.02. The fourth-order valence-electron chi connectivity index (χ4n) is 1.40. The van der Waals surface area contributed by atoms with Gasteiger partial charge in [0.15, 0.2) is 0 Å². The van der Waals surface area contributed by atoms with Gasteiger partial charge in [0.25, 0.3) is 5.76 Å². The minimum atomic E-state index is -2.37. The summed E-state index contributed by atoms with van der Waals surface area (Å²) in [5, 5.41) is 0.871. The SMILES string of the molecule is Cc1ccc2[nH]cc(SC(F)F)c2c1. The molecule has 1 aromatic carbocycles. The molecule has 2 rings (SSSR count). The molecule has 14 heavy (non-hydrogen) atoms. The van der Waals surface area contributed by atoms with Crippen LogP contribution in [0.15, 0.2) is 29.3 Å². The number of H-pyrrole nitrogens is 1. The molecule has 0 fully saturated rings. The predicted octanol–water partition coefficient (Wildman–Crippen LogP) is 3.79. The maximum Gasteiger partial charge on any atom is 0.288 e. The van der Waals surface area contributed by atoms with Gasteiger partial charge in [0, 0.05) is 22.0 Å². The monoisotopic (exact) mass is 213 g/mol. The van der Waals surface area contributed by atoms with Crippen molar-refractivity contribution in [3.05, 3.63) is 30.0 Å². The summed E-state index contributed by atoms with van der Waals surface area (Å²) in [6.07, 6.45) is 1.63. The molecule has 0 atom stereocenters. The Labute approximate surface area is 84.5 Å². The van der Waals surface area contributed by atoms with Gasteiger partial charge < -0.3 is 4.98 Å². The summed E-state index contributed by atoms with van der Waals surface area (Å²) in [5.74, 6) is -2.37. The number of hydrogen-bond acceptors (Lipinski definition) is 1. The summed E-state index contributed by atoms with van der Waals surface area (Å²) in [6.45, 7) is 1.95. The summed E-state index contributed by atoms with van der Waals surface area (Å²) in [5.41, 5.74) is 1.98. The van der Waals surface area contributed by atoms with Gasteiger partial charge in [-0.05, 0) is 19.1 Å². The lowest BCUT2D eigenvalue weighted by atomic mass is 10.2. The number of aromatic amines is 1. The fourth-order valence-corrected chi connectivity index (χ4v) is 2.02. The number of alkyl halides is 2. The van der Waals surface area contributed by atoms with Crippen molar-refractivity contribution in [3.63, 3.8) is 0 Å². The van der Waals surface area contributed by atoms with E-state index in [9.17, 15) is 8.78 Å². The highest BCUT2D eigenvalue weighted by Crippen LogP contribution is 2.32. The number of fused-ring (bicyclic) bond motifs is 1. The number of rotatable bonds is 2. The van der Waals surface area contributed by atoms with Crippen LogP contribution in [0.4, 0.5) is 8.78 Å². The van der Waals surface area contributed by atoms with E-state index in [-0.39, 0.29) is 0 Å². The average Bonchev–Trinajstić information content (AvgIpc) is 2.47. The largest absolute Gasteiger partial charge is 0.360 e. The quantitative estimate of drug-likeness (QED) is 0.750. The maximum atomic E-state index is 12.2. The van der Waals surface area contributed by atoms with E-state index in [2.05, 4.69) is 4.98 Å². The van der Waals surface area contributed by atoms with Gasteiger partial charge in [-0.2, -0.15) is 8.78 Å².